The van der Waals surface area contributed by atoms with Gasteiger partial charge in [0, 0.05) is 11.3 Å². The number of aliphatic carboxylic acids is 1. The molecule has 0 spiro atoms. The van der Waals surface area contributed by atoms with Gasteiger partial charge in [-0.3, -0.25) is 9.59 Å². The first-order valence-corrected chi connectivity index (χ1v) is 9.12. The first-order chi connectivity index (χ1) is 14.8. The lowest BCUT2D eigenvalue weighted by Crippen LogP contribution is -2.36. The molecule has 4 N–H and O–H groups in total. The number of phenols is 1. The van der Waals surface area contributed by atoms with Gasteiger partial charge in [-0.15, -0.1) is 0 Å². The summed E-state index contributed by atoms with van der Waals surface area (Å²) in [4.78, 5) is 39.3. The number of phenolic OH excluding ortho intramolecular Hbond substituents is 1. The van der Waals surface area contributed by atoms with Crippen LogP contribution in [0.1, 0.15) is 22.0 Å². The summed E-state index contributed by atoms with van der Waals surface area (Å²) in [5.41, 5.74) is 0.399. The largest absolute Gasteiger partial charge is 0.508 e. The van der Waals surface area contributed by atoms with Crippen LogP contribution >= 0.6 is 0 Å². The minimum atomic E-state index is -1.39. The average molecular weight is 424 g/mol. The van der Waals surface area contributed by atoms with Crippen LogP contribution in [0.5, 0.6) is 17.2 Å². The van der Waals surface area contributed by atoms with Crippen molar-refractivity contribution in [3.63, 3.8) is 0 Å². The van der Waals surface area contributed by atoms with Crippen LogP contribution in [0.3, 0.4) is 0 Å². The number of rotatable bonds is 7. The number of amides is 1. The average Bonchev–Trinajstić information content (AvgIpc) is 2.77. The number of carbonyl (C=O) groups is 2. The topological polar surface area (TPSA) is 138 Å². The molecule has 1 amide bonds. The fraction of sp³-hybridized carbons (Fsp3) is 0.136. The highest BCUT2D eigenvalue weighted by molar-refractivity contribution is 5.96. The van der Waals surface area contributed by atoms with Gasteiger partial charge in [-0.1, -0.05) is 12.1 Å². The number of carboxylic acid groups (broad SMARTS) is 1. The monoisotopic (exact) mass is 424 g/mol. The minimum absolute atomic E-state index is 0.0404. The fourth-order valence-corrected chi connectivity index (χ4v) is 2.99. The highest BCUT2D eigenvalue weighted by atomic mass is 16.5. The van der Waals surface area contributed by atoms with Crippen molar-refractivity contribution in [2.24, 2.45) is 0 Å². The van der Waals surface area contributed by atoms with Crippen LogP contribution in [0.15, 0.2) is 59.4 Å². The molecule has 0 saturated carbocycles. The van der Waals surface area contributed by atoms with Crippen molar-refractivity contribution < 1.29 is 29.3 Å². The third-order valence-corrected chi connectivity index (χ3v) is 4.60. The van der Waals surface area contributed by atoms with Gasteiger partial charge in [-0.2, -0.15) is 0 Å². The van der Waals surface area contributed by atoms with E-state index >= 15 is 0 Å². The number of aromatic amines is 1. The van der Waals surface area contributed by atoms with Gasteiger partial charge >= 0.3 is 5.97 Å². The summed E-state index contributed by atoms with van der Waals surface area (Å²) >= 11 is 0. The molecule has 9 nitrogen and oxygen atoms in total. The molecule has 1 atom stereocenters. The Balaban J connectivity index is 1.87. The molecule has 9 heteroatoms. The molecule has 0 fully saturated rings. The maximum Gasteiger partial charge on any atom is 0.330 e. The Morgan fingerprint density at radius 1 is 0.968 bits per heavy atom. The second-order valence-corrected chi connectivity index (χ2v) is 6.52. The van der Waals surface area contributed by atoms with E-state index in [0.717, 1.165) is 0 Å². The van der Waals surface area contributed by atoms with E-state index in [1.807, 2.05) is 0 Å². The molecule has 2 aromatic carbocycles. The Morgan fingerprint density at radius 2 is 1.65 bits per heavy atom. The van der Waals surface area contributed by atoms with E-state index in [2.05, 4.69) is 10.3 Å². The zero-order valence-electron chi connectivity index (χ0n) is 16.7. The number of nitrogens with one attached hydrogen (secondary N) is 2. The van der Waals surface area contributed by atoms with E-state index in [1.54, 1.807) is 18.2 Å². The standard InChI is InChI=1S/C22H20N2O7/c1-30-17-10-5-13(11-18(17)31-2)16-9-8-15(20(26)23-16)21(27)24-19(22(28)29)12-3-6-14(25)7-4-12/h3-11,19,25H,1-2H3,(H,23,26)(H,24,27)(H,28,29). The molecule has 0 bridgehead atoms. The number of carbonyl (C=O) groups excluding carboxylic acids is 1. The van der Waals surface area contributed by atoms with E-state index in [-0.39, 0.29) is 16.9 Å². The maximum absolute atomic E-state index is 12.6. The number of pyridine rings is 1. The SMILES string of the molecule is COc1ccc(-c2ccc(C(=O)NC(C(=O)O)c3ccc(O)cc3)c(=O)[nH]2)cc1OC. The molecule has 0 radical (unpaired) electrons. The van der Waals surface area contributed by atoms with Gasteiger partial charge in [0.05, 0.1) is 14.2 Å². The number of methoxy groups -OCH3 is 2. The molecule has 1 unspecified atom stereocenters. The Morgan fingerprint density at radius 3 is 2.23 bits per heavy atom. The highest BCUT2D eigenvalue weighted by Crippen LogP contribution is 2.31. The smallest absolute Gasteiger partial charge is 0.330 e. The van der Waals surface area contributed by atoms with Crippen LogP contribution in [-0.2, 0) is 4.79 Å². The number of hydrogen-bond acceptors (Lipinski definition) is 6. The summed E-state index contributed by atoms with van der Waals surface area (Å²) in [6, 6.07) is 11.9. The third kappa shape index (κ3) is 4.67. The molecule has 0 aliphatic heterocycles. The fourth-order valence-electron chi connectivity index (χ4n) is 2.99. The van der Waals surface area contributed by atoms with Crippen LogP contribution in [0, 0.1) is 0 Å². The lowest BCUT2D eigenvalue weighted by molar-refractivity contribution is -0.139. The summed E-state index contributed by atoms with van der Waals surface area (Å²) in [5.74, 6) is -1.20. The Bertz CT molecular complexity index is 1170. The molecule has 1 aromatic heterocycles. The summed E-state index contributed by atoms with van der Waals surface area (Å²) < 4.78 is 10.4. The lowest BCUT2D eigenvalue weighted by atomic mass is 10.1. The van der Waals surface area contributed by atoms with Crippen LogP contribution in [-0.4, -0.2) is 41.3 Å². The Labute approximate surface area is 176 Å². The Kier molecular flexibility index (Phi) is 6.25. The highest BCUT2D eigenvalue weighted by Gasteiger charge is 2.24. The number of ether oxygens (including phenoxy) is 2. The molecule has 0 saturated heterocycles. The van der Waals surface area contributed by atoms with Gasteiger partial charge < -0.3 is 30.0 Å². The van der Waals surface area contributed by atoms with Crippen LogP contribution in [0.25, 0.3) is 11.3 Å². The van der Waals surface area contributed by atoms with Gasteiger partial charge in [-0.05, 0) is 48.0 Å². The molecular formula is C22H20N2O7. The third-order valence-electron chi connectivity index (χ3n) is 4.60. The normalized spacial score (nSPS) is 11.4. The molecule has 160 valence electrons. The van der Waals surface area contributed by atoms with E-state index in [9.17, 15) is 24.6 Å². The van der Waals surface area contributed by atoms with Gasteiger partial charge in [0.1, 0.15) is 11.3 Å². The molecule has 3 aromatic rings. The predicted octanol–water partition coefficient (Wildman–Crippen LogP) is 2.32. The van der Waals surface area contributed by atoms with E-state index in [1.165, 1.54) is 50.6 Å². The van der Waals surface area contributed by atoms with E-state index in [4.69, 9.17) is 9.47 Å². The molecule has 0 aliphatic carbocycles. The summed E-state index contributed by atoms with van der Waals surface area (Å²) in [7, 11) is 3.00. The van der Waals surface area contributed by atoms with Crippen molar-refractivity contribution in [2.75, 3.05) is 14.2 Å². The van der Waals surface area contributed by atoms with Gasteiger partial charge in [0.2, 0.25) is 0 Å². The second kappa shape index (κ2) is 9.04. The first kappa shape index (κ1) is 21.4. The molecule has 1 heterocycles. The maximum atomic E-state index is 12.6. The number of aromatic nitrogens is 1. The van der Waals surface area contributed by atoms with Crippen molar-refractivity contribution in [3.8, 4) is 28.5 Å². The zero-order chi connectivity index (χ0) is 22.5. The number of benzene rings is 2. The number of aromatic hydroxyl groups is 1. The van der Waals surface area contributed by atoms with Crippen molar-refractivity contribution >= 4 is 11.9 Å². The van der Waals surface area contributed by atoms with Crippen molar-refractivity contribution in [1.82, 2.24) is 10.3 Å². The molecule has 31 heavy (non-hydrogen) atoms. The number of carboxylic acids is 1. The van der Waals surface area contributed by atoms with Crippen LogP contribution in [0.4, 0.5) is 0 Å². The van der Waals surface area contributed by atoms with Gasteiger partial charge in [0.15, 0.2) is 17.5 Å². The number of H-pyrrole nitrogens is 1. The Hall–Kier alpha value is -4.27. The summed E-state index contributed by atoms with van der Waals surface area (Å²) in [5, 5.41) is 21.1. The van der Waals surface area contributed by atoms with Gasteiger partial charge in [0.25, 0.3) is 11.5 Å². The number of hydrogen-bond donors (Lipinski definition) is 4. The summed E-state index contributed by atoms with van der Waals surface area (Å²) in [6.45, 7) is 0. The molecule has 0 aliphatic rings. The van der Waals surface area contributed by atoms with Crippen molar-refractivity contribution in [2.45, 2.75) is 6.04 Å². The zero-order valence-corrected chi connectivity index (χ0v) is 16.7. The van der Waals surface area contributed by atoms with Crippen LogP contribution in [0.2, 0.25) is 0 Å². The molecular weight excluding hydrogens is 404 g/mol. The minimum Gasteiger partial charge on any atom is -0.508 e. The summed E-state index contributed by atoms with van der Waals surface area (Å²) in [6.07, 6.45) is 0. The van der Waals surface area contributed by atoms with Crippen LogP contribution < -0.4 is 20.3 Å². The predicted molar refractivity (Wildman–Crippen MR) is 112 cm³/mol. The molecule has 3 rings (SSSR count). The quantitative estimate of drug-likeness (QED) is 0.457. The van der Waals surface area contributed by atoms with Gasteiger partial charge in [-0.25, -0.2) is 4.79 Å². The van der Waals surface area contributed by atoms with E-state index in [0.29, 0.717) is 22.8 Å². The van der Waals surface area contributed by atoms with E-state index < -0.39 is 23.5 Å². The lowest BCUT2D eigenvalue weighted by Gasteiger charge is -2.15. The van der Waals surface area contributed by atoms with Crippen molar-refractivity contribution in [3.05, 3.63) is 76.1 Å². The first-order valence-electron chi connectivity index (χ1n) is 9.12. The van der Waals surface area contributed by atoms with Crippen molar-refractivity contribution in [1.29, 1.82) is 0 Å². The second-order valence-electron chi connectivity index (χ2n) is 6.52.